The molecule has 0 radical (unpaired) electrons. The molecular weight excluding hydrogens is 296 g/mol. The molecule has 3 rings (SSSR count). The van der Waals surface area contributed by atoms with Gasteiger partial charge in [-0.05, 0) is 11.1 Å². The van der Waals surface area contributed by atoms with Gasteiger partial charge in [0.1, 0.15) is 0 Å². The minimum atomic E-state index is -1.20. The summed E-state index contributed by atoms with van der Waals surface area (Å²) in [6, 6.07) is 18.6. The number of nitrogens with zero attached hydrogens (tertiary/aromatic N) is 1. The Morgan fingerprint density at radius 3 is 2.36 bits per heavy atom. The number of carbonyl (C=O) groups is 1. The van der Waals surface area contributed by atoms with Crippen LogP contribution in [0.2, 0.25) is 0 Å². The number of aliphatic hydroxyl groups is 1. The molecule has 0 spiro atoms. The van der Waals surface area contributed by atoms with Gasteiger partial charge >= 0.3 is 0 Å². The number of carbonyl (C=O) groups excluding carboxylic acids is 1. The molecule has 5 heteroatoms. The van der Waals surface area contributed by atoms with Gasteiger partial charge in [0, 0.05) is 6.20 Å². The van der Waals surface area contributed by atoms with Crippen molar-refractivity contribution in [2.75, 3.05) is 5.32 Å². The molecule has 1 amide bonds. The maximum atomic E-state index is 12.1. The fourth-order valence-corrected chi connectivity index (χ4v) is 2.85. The summed E-state index contributed by atoms with van der Waals surface area (Å²) in [6.07, 6.45) is 0.509. The van der Waals surface area contributed by atoms with Crippen molar-refractivity contribution >= 4 is 22.4 Å². The van der Waals surface area contributed by atoms with Gasteiger partial charge < -0.3 is 5.11 Å². The van der Waals surface area contributed by atoms with Crippen molar-refractivity contribution in [2.45, 2.75) is 6.10 Å². The number of anilines is 1. The summed E-state index contributed by atoms with van der Waals surface area (Å²) in [6.45, 7) is 0. The number of hydrogen-bond acceptors (Lipinski definition) is 4. The number of hydrogen-bond donors (Lipinski definition) is 2. The number of nitrogens with one attached hydrogen (secondary N) is 1. The van der Waals surface area contributed by atoms with Gasteiger partial charge in [-0.25, -0.2) is 4.98 Å². The van der Waals surface area contributed by atoms with Gasteiger partial charge in [0.15, 0.2) is 11.2 Å². The lowest BCUT2D eigenvalue weighted by Gasteiger charge is -2.09. The third-order valence-corrected chi connectivity index (χ3v) is 4.12. The molecule has 110 valence electrons. The molecule has 1 unspecified atom stereocenters. The van der Waals surface area contributed by atoms with E-state index >= 15 is 0 Å². The van der Waals surface area contributed by atoms with Crippen molar-refractivity contribution in [2.24, 2.45) is 0 Å². The summed E-state index contributed by atoms with van der Waals surface area (Å²) in [5, 5.41) is 13.2. The number of benzene rings is 2. The summed E-state index contributed by atoms with van der Waals surface area (Å²) in [7, 11) is 0. The number of aliphatic hydroxyl groups excluding tert-OH is 1. The monoisotopic (exact) mass is 310 g/mol. The molecule has 3 aromatic rings. The van der Waals surface area contributed by atoms with Gasteiger partial charge in [-0.1, -0.05) is 72.0 Å². The van der Waals surface area contributed by atoms with Gasteiger partial charge in [0.2, 0.25) is 0 Å². The first-order chi connectivity index (χ1) is 10.7. The van der Waals surface area contributed by atoms with Crippen molar-refractivity contribution in [3.8, 4) is 10.4 Å². The lowest BCUT2D eigenvalue weighted by molar-refractivity contribution is -0.124. The first kappa shape index (κ1) is 14.4. The second-order valence-corrected chi connectivity index (χ2v) is 5.73. The van der Waals surface area contributed by atoms with Crippen LogP contribution in [0.25, 0.3) is 10.4 Å². The van der Waals surface area contributed by atoms with Crippen LogP contribution in [0, 0.1) is 0 Å². The molecule has 4 nitrogen and oxygen atoms in total. The third-order valence-electron chi connectivity index (χ3n) is 3.16. The first-order valence-electron chi connectivity index (χ1n) is 6.79. The van der Waals surface area contributed by atoms with E-state index in [1.165, 1.54) is 11.3 Å². The number of aromatic nitrogens is 1. The minimum absolute atomic E-state index is 0.471. The summed E-state index contributed by atoms with van der Waals surface area (Å²) < 4.78 is 0. The molecule has 1 heterocycles. The molecule has 0 aliphatic carbocycles. The Morgan fingerprint density at radius 2 is 1.68 bits per heavy atom. The topological polar surface area (TPSA) is 62.2 Å². The zero-order chi connectivity index (χ0) is 15.4. The van der Waals surface area contributed by atoms with Gasteiger partial charge in [0.05, 0.1) is 4.88 Å². The lowest BCUT2D eigenvalue weighted by Crippen LogP contribution is -2.20. The van der Waals surface area contributed by atoms with Crippen LogP contribution in [0.15, 0.2) is 66.9 Å². The Kier molecular flexibility index (Phi) is 4.27. The van der Waals surface area contributed by atoms with Crippen LogP contribution in [-0.4, -0.2) is 16.0 Å². The van der Waals surface area contributed by atoms with Crippen molar-refractivity contribution in [1.29, 1.82) is 0 Å². The van der Waals surface area contributed by atoms with Crippen molar-refractivity contribution in [3.63, 3.8) is 0 Å². The Labute approximate surface area is 132 Å². The van der Waals surface area contributed by atoms with Crippen molar-refractivity contribution in [3.05, 3.63) is 72.4 Å². The van der Waals surface area contributed by atoms with E-state index in [9.17, 15) is 9.90 Å². The molecule has 1 atom stereocenters. The fraction of sp³-hybridized carbons (Fsp3) is 0.0588. The van der Waals surface area contributed by atoms with Crippen LogP contribution < -0.4 is 5.32 Å². The van der Waals surface area contributed by atoms with E-state index in [1.807, 2.05) is 36.4 Å². The molecule has 1 aromatic heterocycles. The average Bonchev–Trinajstić information content (AvgIpc) is 3.04. The molecule has 0 aliphatic heterocycles. The highest BCUT2D eigenvalue weighted by Crippen LogP contribution is 2.29. The molecule has 0 fully saturated rings. The van der Waals surface area contributed by atoms with E-state index in [2.05, 4.69) is 10.3 Å². The molecule has 2 aromatic carbocycles. The second kappa shape index (κ2) is 6.51. The summed E-state index contributed by atoms with van der Waals surface area (Å²) in [4.78, 5) is 17.2. The Balaban J connectivity index is 1.71. The van der Waals surface area contributed by atoms with Crippen molar-refractivity contribution < 1.29 is 9.90 Å². The number of thiazole rings is 1. The van der Waals surface area contributed by atoms with E-state index in [1.54, 1.807) is 30.5 Å². The van der Waals surface area contributed by atoms with Gasteiger partial charge in [-0.15, -0.1) is 0 Å². The van der Waals surface area contributed by atoms with Gasteiger partial charge in [0.25, 0.3) is 5.91 Å². The standard InChI is InChI=1S/C17H14N2O2S/c20-15(13-9-5-2-6-10-13)16(21)19-17-18-11-14(22-17)12-7-3-1-4-8-12/h1-11,15,20H,(H,18,19,21). The zero-order valence-electron chi connectivity index (χ0n) is 11.6. The second-order valence-electron chi connectivity index (χ2n) is 4.70. The Hall–Kier alpha value is -2.50. The first-order valence-corrected chi connectivity index (χ1v) is 7.61. The van der Waals surface area contributed by atoms with E-state index in [0.29, 0.717) is 10.7 Å². The highest BCUT2D eigenvalue weighted by atomic mass is 32.1. The van der Waals surface area contributed by atoms with Crippen LogP contribution in [0.4, 0.5) is 5.13 Å². The number of amides is 1. The smallest absolute Gasteiger partial charge is 0.259 e. The largest absolute Gasteiger partial charge is 0.378 e. The van der Waals surface area contributed by atoms with Gasteiger partial charge in [-0.2, -0.15) is 0 Å². The quantitative estimate of drug-likeness (QED) is 0.775. The highest BCUT2D eigenvalue weighted by Gasteiger charge is 2.18. The summed E-state index contributed by atoms with van der Waals surface area (Å²) in [5.74, 6) is -0.486. The minimum Gasteiger partial charge on any atom is -0.378 e. The van der Waals surface area contributed by atoms with E-state index in [-0.39, 0.29) is 0 Å². The zero-order valence-corrected chi connectivity index (χ0v) is 12.5. The van der Waals surface area contributed by atoms with Crippen LogP contribution in [0.5, 0.6) is 0 Å². The molecule has 0 saturated heterocycles. The van der Waals surface area contributed by atoms with Crippen LogP contribution in [-0.2, 0) is 4.79 Å². The molecule has 22 heavy (non-hydrogen) atoms. The lowest BCUT2D eigenvalue weighted by atomic mass is 10.1. The average molecular weight is 310 g/mol. The van der Waals surface area contributed by atoms with Gasteiger partial charge in [-0.3, -0.25) is 10.1 Å². The molecule has 2 N–H and O–H groups in total. The Bertz CT molecular complexity index is 757. The predicted octanol–water partition coefficient (Wildman–Crippen LogP) is 3.48. The van der Waals surface area contributed by atoms with E-state index < -0.39 is 12.0 Å². The third kappa shape index (κ3) is 3.21. The number of rotatable bonds is 4. The maximum Gasteiger partial charge on any atom is 0.259 e. The molecule has 0 saturated carbocycles. The van der Waals surface area contributed by atoms with Crippen molar-refractivity contribution in [1.82, 2.24) is 4.98 Å². The molecule has 0 bridgehead atoms. The molecule has 0 aliphatic rings. The predicted molar refractivity (Wildman–Crippen MR) is 87.6 cm³/mol. The summed E-state index contributed by atoms with van der Waals surface area (Å²) in [5.41, 5.74) is 1.60. The SMILES string of the molecule is O=C(Nc1ncc(-c2ccccc2)s1)C(O)c1ccccc1. The van der Waals surface area contributed by atoms with Crippen LogP contribution >= 0.6 is 11.3 Å². The van der Waals surface area contributed by atoms with Crippen LogP contribution in [0.1, 0.15) is 11.7 Å². The van der Waals surface area contributed by atoms with E-state index in [0.717, 1.165) is 10.4 Å². The fourth-order valence-electron chi connectivity index (χ4n) is 2.03. The maximum absolute atomic E-state index is 12.1. The van der Waals surface area contributed by atoms with Crippen LogP contribution in [0.3, 0.4) is 0 Å². The highest BCUT2D eigenvalue weighted by molar-refractivity contribution is 7.19. The molecular formula is C17H14N2O2S. The summed E-state index contributed by atoms with van der Waals surface area (Å²) >= 11 is 1.37. The van der Waals surface area contributed by atoms with E-state index in [4.69, 9.17) is 0 Å². The Morgan fingerprint density at radius 1 is 1.05 bits per heavy atom. The normalized spacial score (nSPS) is 11.9.